The molecule has 0 unspecified atom stereocenters. The molecule has 0 radical (unpaired) electrons. The molecule has 0 atom stereocenters. The number of aromatic hydroxyl groups is 1. The molecule has 0 amide bonds. The molecule has 21 heavy (non-hydrogen) atoms. The Morgan fingerprint density at radius 1 is 1.19 bits per heavy atom. The van der Waals surface area contributed by atoms with E-state index in [1.165, 1.54) is 16.9 Å². The largest absolute Gasteiger partial charge is 0.493 e. The fraction of sp³-hybridized carbons (Fsp3) is 0. The van der Waals surface area contributed by atoms with Crippen molar-refractivity contribution in [2.45, 2.75) is 0 Å². The highest BCUT2D eigenvalue weighted by atomic mass is 35.5. The van der Waals surface area contributed by atoms with Crippen LogP contribution in [0.3, 0.4) is 0 Å². The van der Waals surface area contributed by atoms with E-state index in [1.807, 2.05) is 24.3 Å². The number of aromatic nitrogens is 3. The lowest BCUT2D eigenvalue weighted by Gasteiger charge is -2.02. The zero-order valence-corrected chi connectivity index (χ0v) is 11.5. The molecular weight excluding hydrogens is 288 g/mol. The van der Waals surface area contributed by atoms with Crippen LogP contribution >= 0.6 is 11.6 Å². The number of nitriles is 1. The molecule has 1 aromatic carbocycles. The molecule has 0 bridgehead atoms. The molecule has 0 fully saturated rings. The second-order valence-electron chi connectivity index (χ2n) is 4.29. The molecule has 2 heterocycles. The summed E-state index contributed by atoms with van der Waals surface area (Å²) in [7, 11) is 0. The summed E-state index contributed by atoms with van der Waals surface area (Å²) >= 11 is 6.12. The Balaban J connectivity index is 2.10. The van der Waals surface area contributed by atoms with Gasteiger partial charge >= 0.3 is 0 Å². The van der Waals surface area contributed by atoms with Gasteiger partial charge in [0, 0.05) is 23.9 Å². The lowest BCUT2D eigenvalue weighted by Crippen LogP contribution is -1.99. The van der Waals surface area contributed by atoms with E-state index in [1.54, 1.807) is 18.2 Å². The van der Waals surface area contributed by atoms with Crippen molar-refractivity contribution < 1.29 is 5.11 Å². The number of rotatable bonds is 2. The Hall–Kier alpha value is -2.84. The van der Waals surface area contributed by atoms with E-state index in [4.69, 9.17) is 16.9 Å². The van der Waals surface area contributed by atoms with Gasteiger partial charge in [-0.15, -0.1) is 0 Å². The average Bonchev–Trinajstić information content (AvgIpc) is 2.89. The summed E-state index contributed by atoms with van der Waals surface area (Å²) < 4.78 is 1.26. The van der Waals surface area contributed by atoms with Crippen LogP contribution in [-0.4, -0.2) is 19.9 Å². The minimum atomic E-state index is -0.0764. The average molecular weight is 297 g/mol. The predicted octanol–water partition coefficient (Wildman–Crippen LogP) is 3.16. The molecule has 0 aliphatic rings. The van der Waals surface area contributed by atoms with Gasteiger partial charge in [0.05, 0.1) is 22.3 Å². The van der Waals surface area contributed by atoms with Crippen molar-refractivity contribution in [3.05, 3.63) is 59.2 Å². The predicted molar refractivity (Wildman–Crippen MR) is 78.2 cm³/mol. The van der Waals surface area contributed by atoms with Crippen LogP contribution in [0, 0.1) is 11.3 Å². The number of hydrogen-bond acceptors (Lipinski definition) is 4. The maximum absolute atomic E-state index is 10.0. The Kier molecular flexibility index (Phi) is 3.30. The lowest BCUT2D eigenvalue weighted by atomic mass is 10.1. The van der Waals surface area contributed by atoms with E-state index in [2.05, 4.69) is 10.1 Å². The van der Waals surface area contributed by atoms with Gasteiger partial charge in [0.25, 0.3) is 0 Å². The second-order valence-corrected chi connectivity index (χ2v) is 4.70. The molecule has 0 saturated heterocycles. The highest BCUT2D eigenvalue weighted by Gasteiger charge is 2.13. The van der Waals surface area contributed by atoms with Crippen molar-refractivity contribution in [3.8, 4) is 29.0 Å². The van der Waals surface area contributed by atoms with Gasteiger partial charge in [-0.05, 0) is 12.1 Å². The van der Waals surface area contributed by atoms with E-state index in [0.29, 0.717) is 27.7 Å². The summed E-state index contributed by atoms with van der Waals surface area (Å²) in [6.45, 7) is 0. The number of halogens is 1. The SMILES string of the molecule is N#Cc1ccnc(-n2nc(-c3ccccc3Cl)cc2O)c1. The zero-order chi connectivity index (χ0) is 14.8. The van der Waals surface area contributed by atoms with Crippen LogP contribution in [0.2, 0.25) is 5.02 Å². The van der Waals surface area contributed by atoms with E-state index < -0.39 is 0 Å². The van der Waals surface area contributed by atoms with Crippen molar-refractivity contribution in [2.75, 3.05) is 0 Å². The monoisotopic (exact) mass is 296 g/mol. The standard InChI is InChI=1S/C15H9ClN4O/c16-12-4-2-1-3-11(12)13-8-15(21)20(19-13)14-7-10(9-17)5-6-18-14/h1-8,21H. The topological polar surface area (TPSA) is 74.7 Å². The van der Waals surface area contributed by atoms with E-state index in [9.17, 15) is 5.11 Å². The fourth-order valence-electron chi connectivity index (χ4n) is 1.94. The Morgan fingerprint density at radius 2 is 2.00 bits per heavy atom. The first kappa shape index (κ1) is 13.2. The highest BCUT2D eigenvalue weighted by Crippen LogP contribution is 2.29. The van der Waals surface area contributed by atoms with Crippen LogP contribution in [0.15, 0.2) is 48.7 Å². The van der Waals surface area contributed by atoms with Crippen molar-refractivity contribution in [1.82, 2.24) is 14.8 Å². The third-order valence-corrected chi connectivity index (χ3v) is 3.26. The molecule has 0 aliphatic heterocycles. The first-order valence-corrected chi connectivity index (χ1v) is 6.47. The third kappa shape index (κ3) is 2.45. The number of nitrogens with zero attached hydrogens (tertiary/aromatic N) is 4. The summed E-state index contributed by atoms with van der Waals surface area (Å²) in [5, 5.41) is 23.8. The van der Waals surface area contributed by atoms with Gasteiger partial charge in [-0.1, -0.05) is 29.8 Å². The second kappa shape index (κ2) is 5.27. The molecule has 0 spiro atoms. The van der Waals surface area contributed by atoms with Crippen LogP contribution in [0.4, 0.5) is 0 Å². The molecule has 0 saturated carbocycles. The van der Waals surface area contributed by atoms with Gasteiger partial charge < -0.3 is 5.11 Å². The first-order chi connectivity index (χ1) is 10.2. The Bertz CT molecular complexity index is 851. The lowest BCUT2D eigenvalue weighted by molar-refractivity contribution is 0.432. The zero-order valence-electron chi connectivity index (χ0n) is 10.7. The quantitative estimate of drug-likeness (QED) is 0.788. The summed E-state index contributed by atoms with van der Waals surface area (Å²) in [6, 6.07) is 13.9. The molecule has 6 heteroatoms. The van der Waals surface area contributed by atoms with Crippen molar-refractivity contribution in [1.29, 1.82) is 5.26 Å². The minimum Gasteiger partial charge on any atom is -0.493 e. The summed E-state index contributed by atoms with van der Waals surface area (Å²) in [5.41, 5.74) is 1.68. The molecule has 2 aromatic heterocycles. The summed E-state index contributed by atoms with van der Waals surface area (Å²) in [6.07, 6.45) is 1.49. The molecule has 5 nitrogen and oxygen atoms in total. The number of hydrogen-bond donors (Lipinski definition) is 1. The molecule has 0 aliphatic carbocycles. The molecule has 102 valence electrons. The van der Waals surface area contributed by atoms with Crippen molar-refractivity contribution in [2.24, 2.45) is 0 Å². The van der Waals surface area contributed by atoms with Crippen LogP contribution in [-0.2, 0) is 0 Å². The Morgan fingerprint density at radius 3 is 2.76 bits per heavy atom. The first-order valence-electron chi connectivity index (χ1n) is 6.09. The van der Waals surface area contributed by atoms with E-state index in [-0.39, 0.29) is 5.88 Å². The van der Waals surface area contributed by atoms with Crippen LogP contribution < -0.4 is 0 Å². The van der Waals surface area contributed by atoms with Gasteiger partial charge in [0.15, 0.2) is 5.82 Å². The van der Waals surface area contributed by atoms with Gasteiger partial charge in [-0.25, -0.2) is 4.98 Å². The van der Waals surface area contributed by atoms with Crippen LogP contribution in [0.1, 0.15) is 5.56 Å². The normalized spacial score (nSPS) is 10.3. The third-order valence-electron chi connectivity index (χ3n) is 2.93. The maximum Gasteiger partial charge on any atom is 0.216 e. The van der Waals surface area contributed by atoms with Gasteiger partial charge in [0.1, 0.15) is 0 Å². The number of benzene rings is 1. The summed E-state index contributed by atoms with van der Waals surface area (Å²) in [5.74, 6) is 0.289. The molecular formula is C15H9ClN4O. The highest BCUT2D eigenvalue weighted by molar-refractivity contribution is 6.33. The van der Waals surface area contributed by atoms with Gasteiger partial charge in [0.2, 0.25) is 5.88 Å². The van der Waals surface area contributed by atoms with Crippen LogP contribution in [0.25, 0.3) is 17.1 Å². The van der Waals surface area contributed by atoms with Gasteiger partial charge in [-0.2, -0.15) is 15.0 Å². The van der Waals surface area contributed by atoms with Crippen molar-refractivity contribution >= 4 is 11.6 Å². The Labute approximate surface area is 125 Å². The number of pyridine rings is 1. The smallest absolute Gasteiger partial charge is 0.216 e. The van der Waals surface area contributed by atoms with Gasteiger partial charge in [-0.3, -0.25) is 0 Å². The molecule has 3 rings (SSSR count). The molecule has 3 aromatic rings. The minimum absolute atomic E-state index is 0.0764. The van der Waals surface area contributed by atoms with Crippen molar-refractivity contribution in [3.63, 3.8) is 0 Å². The summed E-state index contributed by atoms with van der Waals surface area (Å²) in [4.78, 5) is 4.10. The van der Waals surface area contributed by atoms with Crippen LogP contribution in [0.5, 0.6) is 5.88 Å². The fourth-order valence-corrected chi connectivity index (χ4v) is 2.18. The van der Waals surface area contributed by atoms with E-state index in [0.717, 1.165) is 0 Å². The van der Waals surface area contributed by atoms with E-state index >= 15 is 0 Å². The molecule has 1 N–H and O–H groups in total. The maximum atomic E-state index is 10.0.